The van der Waals surface area contributed by atoms with Crippen molar-refractivity contribution < 1.29 is 9.47 Å². The van der Waals surface area contributed by atoms with E-state index in [0.717, 1.165) is 22.7 Å². The molecule has 0 unspecified atom stereocenters. The summed E-state index contributed by atoms with van der Waals surface area (Å²) in [5.74, 6) is 2.61. The van der Waals surface area contributed by atoms with Gasteiger partial charge in [0.05, 0.1) is 6.20 Å². The maximum Gasteiger partial charge on any atom is 0.244 e. The molecular weight excluding hydrogens is 354 g/mol. The fourth-order valence-electron chi connectivity index (χ4n) is 2.87. The number of rotatable bonds is 5. The van der Waals surface area contributed by atoms with Crippen LogP contribution in [0.2, 0.25) is 0 Å². The first-order valence-electron chi connectivity index (χ1n) is 9.17. The van der Waals surface area contributed by atoms with Gasteiger partial charge in [-0.3, -0.25) is 0 Å². The van der Waals surface area contributed by atoms with Crippen LogP contribution in [0.5, 0.6) is 11.5 Å². The van der Waals surface area contributed by atoms with E-state index < -0.39 is 0 Å². The van der Waals surface area contributed by atoms with Crippen molar-refractivity contribution >= 4 is 17.5 Å². The van der Waals surface area contributed by atoms with Crippen LogP contribution in [0.25, 0.3) is 0 Å². The van der Waals surface area contributed by atoms with Crippen molar-refractivity contribution in [1.82, 2.24) is 15.2 Å². The van der Waals surface area contributed by atoms with Gasteiger partial charge in [0.15, 0.2) is 17.3 Å². The van der Waals surface area contributed by atoms with Crippen LogP contribution in [0.15, 0.2) is 48.7 Å². The second-order valence-corrected chi connectivity index (χ2v) is 7.66. The molecule has 0 spiro atoms. The normalized spacial score (nSPS) is 12.7. The van der Waals surface area contributed by atoms with Gasteiger partial charge in [-0.15, -0.1) is 5.10 Å². The van der Waals surface area contributed by atoms with Gasteiger partial charge in [-0.05, 0) is 40.8 Å². The third-order valence-corrected chi connectivity index (χ3v) is 4.47. The Morgan fingerprint density at radius 1 is 1.00 bits per heavy atom. The zero-order valence-corrected chi connectivity index (χ0v) is 16.2. The molecule has 0 radical (unpaired) electrons. The van der Waals surface area contributed by atoms with E-state index in [2.05, 4.69) is 58.7 Å². The second kappa shape index (κ2) is 7.34. The molecule has 0 saturated carbocycles. The Bertz CT molecular complexity index is 967. The van der Waals surface area contributed by atoms with Crippen LogP contribution in [0, 0.1) is 0 Å². The zero-order chi connectivity index (χ0) is 19.6. The van der Waals surface area contributed by atoms with Crippen molar-refractivity contribution in [3.63, 3.8) is 0 Å². The third kappa shape index (κ3) is 4.14. The van der Waals surface area contributed by atoms with Crippen molar-refractivity contribution in [1.29, 1.82) is 0 Å². The molecule has 1 aromatic heterocycles. The third-order valence-electron chi connectivity index (χ3n) is 4.47. The van der Waals surface area contributed by atoms with Crippen LogP contribution in [-0.2, 0) is 12.0 Å². The molecule has 0 fully saturated rings. The lowest BCUT2D eigenvalue weighted by molar-refractivity contribution is 0.174. The number of fused-ring (bicyclic) bond motifs is 1. The summed E-state index contributed by atoms with van der Waals surface area (Å²) in [6, 6.07) is 14.2. The van der Waals surface area contributed by atoms with E-state index in [1.807, 2.05) is 30.3 Å². The lowest BCUT2D eigenvalue weighted by atomic mass is 9.87. The molecule has 0 atom stereocenters. The molecule has 0 saturated heterocycles. The molecule has 2 aromatic carbocycles. The smallest absolute Gasteiger partial charge is 0.244 e. The van der Waals surface area contributed by atoms with Crippen LogP contribution in [0.1, 0.15) is 31.9 Å². The standard InChI is InChI=1S/C21H23N5O2/c1-21(2,3)15-5-7-16(8-6-15)24-19-12-23-26-20(25-19)22-11-14-4-9-17-18(10-14)28-13-27-17/h4-10,12H,11,13H2,1-3H3,(H2,22,24,25,26). The molecule has 2 heterocycles. The number of hydrogen-bond donors (Lipinski definition) is 2. The van der Waals surface area contributed by atoms with Crippen LogP contribution in [0.4, 0.5) is 17.5 Å². The lowest BCUT2D eigenvalue weighted by Gasteiger charge is -2.19. The van der Waals surface area contributed by atoms with Crippen LogP contribution in [0.3, 0.4) is 0 Å². The molecule has 28 heavy (non-hydrogen) atoms. The molecule has 4 rings (SSSR count). The van der Waals surface area contributed by atoms with Gasteiger partial charge in [0, 0.05) is 12.2 Å². The predicted molar refractivity (Wildman–Crippen MR) is 108 cm³/mol. The SMILES string of the molecule is CC(C)(C)c1ccc(Nc2cnnc(NCc3ccc4c(c3)OCO4)n2)cc1. The maximum atomic E-state index is 5.40. The summed E-state index contributed by atoms with van der Waals surface area (Å²) in [7, 11) is 0. The first kappa shape index (κ1) is 18.0. The Hall–Kier alpha value is -3.35. The van der Waals surface area contributed by atoms with Gasteiger partial charge in [-0.25, -0.2) is 0 Å². The summed E-state index contributed by atoms with van der Waals surface area (Å²) in [6.07, 6.45) is 1.60. The largest absolute Gasteiger partial charge is 0.454 e. The van der Waals surface area contributed by atoms with Gasteiger partial charge < -0.3 is 20.1 Å². The average Bonchev–Trinajstić information content (AvgIpc) is 3.14. The molecule has 3 aromatic rings. The summed E-state index contributed by atoms with van der Waals surface area (Å²) in [5.41, 5.74) is 3.41. The molecular formula is C21H23N5O2. The molecule has 144 valence electrons. The summed E-state index contributed by atoms with van der Waals surface area (Å²) in [6.45, 7) is 7.41. The lowest BCUT2D eigenvalue weighted by Crippen LogP contribution is -2.10. The van der Waals surface area contributed by atoms with Gasteiger partial charge in [0.2, 0.25) is 12.7 Å². The Kier molecular flexibility index (Phi) is 4.73. The molecule has 2 N–H and O–H groups in total. The van der Waals surface area contributed by atoms with E-state index in [9.17, 15) is 0 Å². The van der Waals surface area contributed by atoms with Crippen LogP contribution in [-0.4, -0.2) is 22.0 Å². The fourth-order valence-corrected chi connectivity index (χ4v) is 2.87. The molecule has 7 heteroatoms. The molecule has 1 aliphatic rings. The minimum absolute atomic E-state index is 0.126. The van der Waals surface area contributed by atoms with E-state index in [1.165, 1.54) is 5.56 Å². The number of aromatic nitrogens is 3. The highest BCUT2D eigenvalue weighted by Crippen LogP contribution is 2.32. The average molecular weight is 377 g/mol. The van der Waals surface area contributed by atoms with Crippen molar-refractivity contribution in [3.8, 4) is 11.5 Å². The molecule has 0 aliphatic carbocycles. The maximum absolute atomic E-state index is 5.40. The predicted octanol–water partition coefficient (Wildman–Crippen LogP) is 4.25. The minimum Gasteiger partial charge on any atom is -0.454 e. The topological polar surface area (TPSA) is 81.2 Å². The molecule has 0 bridgehead atoms. The van der Waals surface area contributed by atoms with Gasteiger partial charge >= 0.3 is 0 Å². The number of hydrogen-bond acceptors (Lipinski definition) is 7. The highest BCUT2D eigenvalue weighted by molar-refractivity contribution is 5.57. The fraction of sp³-hybridized carbons (Fsp3) is 0.286. The molecule has 7 nitrogen and oxygen atoms in total. The quantitative estimate of drug-likeness (QED) is 0.688. The molecule has 0 amide bonds. The number of anilines is 3. The molecule has 1 aliphatic heterocycles. The van der Waals surface area contributed by atoms with E-state index in [4.69, 9.17) is 9.47 Å². The minimum atomic E-state index is 0.126. The highest BCUT2D eigenvalue weighted by Gasteiger charge is 2.14. The monoisotopic (exact) mass is 377 g/mol. The van der Waals surface area contributed by atoms with Crippen molar-refractivity contribution in [2.75, 3.05) is 17.4 Å². The van der Waals surface area contributed by atoms with Gasteiger partial charge in [0.25, 0.3) is 0 Å². The Labute approximate surface area is 164 Å². The number of benzene rings is 2. The summed E-state index contributed by atoms with van der Waals surface area (Å²) >= 11 is 0. The first-order valence-corrected chi connectivity index (χ1v) is 9.17. The van der Waals surface area contributed by atoms with E-state index in [0.29, 0.717) is 18.3 Å². The van der Waals surface area contributed by atoms with Crippen LogP contribution >= 0.6 is 0 Å². The van der Waals surface area contributed by atoms with E-state index in [1.54, 1.807) is 6.20 Å². The second-order valence-electron chi connectivity index (χ2n) is 7.66. The summed E-state index contributed by atoms with van der Waals surface area (Å²) < 4.78 is 10.7. The van der Waals surface area contributed by atoms with Gasteiger partial charge in [-0.2, -0.15) is 10.1 Å². The van der Waals surface area contributed by atoms with Crippen molar-refractivity contribution in [2.45, 2.75) is 32.7 Å². The van der Waals surface area contributed by atoms with Gasteiger partial charge in [0.1, 0.15) is 0 Å². The number of ether oxygens (including phenoxy) is 2. The highest BCUT2D eigenvalue weighted by atomic mass is 16.7. The first-order chi connectivity index (χ1) is 13.5. The van der Waals surface area contributed by atoms with E-state index >= 15 is 0 Å². The Morgan fingerprint density at radius 2 is 1.79 bits per heavy atom. The van der Waals surface area contributed by atoms with Crippen LogP contribution < -0.4 is 20.1 Å². The summed E-state index contributed by atoms with van der Waals surface area (Å²) in [4.78, 5) is 4.47. The number of nitrogens with one attached hydrogen (secondary N) is 2. The zero-order valence-electron chi connectivity index (χ0n) is 16.2. The van der Waals surface area contributed by atoms with Crippen molar-refractivity contribution in [3.05, 3.63) is 59.8 Å². The number of nitrogens with zero attached hydrogens (tertiary/aromatic N) is 3. The Morgan fingerprint density at radius 3 is 2.57 bits per heavy atom. The Balaban J connectivity index is 1.40. The summed E-state index contributed by atoms with van der Waals surface area (Å²) in [5, 5.41) is 14.5. The van der Waals surface area contributed by atoms with E-state index in [-0.39, 0.29) is 12.2 Å². The van der Waals surface area contributed by atoms with Gasteiger partial charge in [-0.1, -0.05) is 39.0 Å². The van der Waals surface area contributed by atoms with Crippen molar-refractivity contribution in [2.24, 2.45) is 0 Å².